The first kappa shape index (κ1) is 22.4. The summed E-state index contributed by atoms with van der Waals surface area (Å²) in [6.07, 6.45) is -0.991. The molecule has 0 bridgehead atoms. The lowest BCUT2D eigenvalue weighted by Gasteiger charge is -2.11. The first-order valence-corrected chi connectivity index (χ1v) is 10.2. The minimum absolute atomic E-state index is 0.0666. The number of rotatable bonds is 7. The van der Waals surface area contributed by atoms with E-state index in [1.165, 1.54) is 36.0 Å². The number of anilines is 1. The van der Waals surface area contributed by atoms with E-state index in [9.17, 15) is 22.8 Å². The smallest absolute Gasteiger partial charge is 0.343 e. The van der Waals surface area contributed by atoms with Gasteiger partial charge in [-0.3, -0.25) is 14.2 Å². The molecule has 0 aliphatic carbocycles. The highest BCUT2D eigenvalue weighted by atomic mass is 32.2. The van der Waals surface area contributed by atoms with Crippen molar-refractivity contribution in [3.63, 3.8) is 0 Å². The third-order valence-corrected chi connectivity index (χ3v) is 5.16. The number of aryl methyl sites for hydroxylation is 1. The van der Waals surface area contributed by atoms with Crippen LogP contribution in [0.25, 0.3) is 5.69 Å². The molecule has 10 heteroatoms. The van der Waals surface area contributed by atoms with Gasteiger partial charge in [0.1, 0.15) is 6.54 Å². The highest BCUT2D eigenvalue weighted by Gasteiger charge is 2.27. The van der Waals surface area contributed by atoms with E-state index in [1.54, 1.807) is 11.5 Å². The maximum atomic E-state index is 12.3. The van der Waals surface area contributed by atoms with Crippen LogP contribution in [0.15, 0.2) is 66.1 Å². The van der Waals surface area contributed by atoms with Crippen molar-refractivity contribution in [3.05, 3.63) is 72.1 Å². The van der Waals surface area contributed by atoms with Gasteiger partial charge in [-0.1, -0.05) is 30.0 Å². The highest BCUT2D eigenvalue weighted by molar-refractivity contribution is 7.99. The molecule has 3 rings (SSSR count). The Hall–Kier alpha value is -3.27. The van der Waals surface area contributed by atoms with Crippen molar-refractivity contribution in [1.29, 1.82) is 0 Å². The molecule has 2 aromatic carbocycles. The van der Waals surface area contributed by atoms with Crippen LogP contribution in [-0.2, 0) is 4.79 Å². The summed E-state index contributed by atoms with van der Waals surface area (Å²) in [5, 5.41) is 5.15. The Kier molecular flexibility index (Phi) is 7.01. The number of halogens is 3. The van der Waals surface area contributed by atoms with Crippen molar-refractivity contribution in [2.75, 3.05) is 17.6 Å². The zero-order valence-electron chi connectivity index (χ0n) is 16.4. The monoisotopic (exact) mass is 448 g/mol. The summed E-state index contributed by atoms with van der Waals surface area (Å²) in [5.41, 5.74) is 2.55. The molecular weight excluding hydrogens is 429 g/mol. The maximum absolute atomic E-state index is 12.3. The summed E-state index contributed by atoms with van der Waals surface area (Å²) in [4.78, 5) is 28.3. The number of hydrogen-bond donors (Lipinski definition) is 2. The summed E-state index contributed by atoms with van der Waals surface area (Å²) in [6.45, 7) is 0.587. The lowest BCUT2D eigenvalue weighted by atomic mass is 10.2. The average molecular weight is 448 g/mol. The second kappa shape index (κ2) is 9.69. The van der Waals surface area contributed by atoms with Crippen molar-refractivity contribution < 1.29 is 22.8 Å². The van der Waals surface area contributed by atoms with Crippen LogP contribution in [0.2, 0.25) is 0 Å². The van der Waals surface area contributed by atoms with E-state index in [0.717, 1.165) is 11.3 Å². The van der Waals surface area contributed by atoms with Crippen LogP contribution in [0.4, 0.5) is 18.9 Å². The molecule has 6 nitrogen and oxygen atoms in total. The molecule has 0 radical (unpaired) electrons. The number of benzene rings is 2. The van der Waals surface area contributed by atoms with Gasteiger partial charge in [-0.25, -0.2) is 4.98 Å². The number of amides is 2. The van der Waals surface area contributed by atoms with E-state index < -0.39 is 18.6 Å². The van der Waals surface area contributed by atoms with E-state index in [4.69, 9.17) is 0 Å². The molecule has 0 fully saturated rings. The molecule has 3 aromatic rings. The molecule has 0 aliphatic rings. The van der Waals surface area contributed by atoms with Gasteiger partial charge in [0.15, 0.2) is 5.16 Å². The van der Waals surface area contributed by atoms with Gasteiger partial charge < -0.3 is 10.6 Å². The summed E-state index contributed by atoms with van der Waals surface area (Å²) in [7, 11) is 0. The third kappa shape index (κ3) is 6.35. The first-order valence-electron chi connectivity index (χ1n) is 9.20. The largest absolute Gasteiger partial charge is 0.405 e. The van der Waals surface area contributed by atoms with Crippen molar-refractivity contribution in [3.8, 4) is 5.69 Å². The molecule has 162 valence electrons. The van der Waals surface area contributed by atoms with Crippen LogP contribution in [0.3, 0.4) is 0 Å². The Balaban J connectivity index is 1.55. The quantitative estimate of drug-likeness (QED) is 0.531. The molecule has 0 spiro atoms. The number of carbonyl (C=O) groups is 2. The van der Waals surface area contributed by atoms with Crippen LogP contribution in [0.1, 0.15) is 15.9 Å². The normalized spacial score (nSPS) is 11.2. The third-order valence-electron chi connectivity index (χ3n) is 4.19. The Labute approximate surface area is 180 Å². The number of aromatic nitrogens is 2. The Morgan fingerprint density at radius 2 is 1.81 bits per heavy atom. The van der Waals surface area contributed by atoms with Crippen molar-refractivity contribution >= 4 is 29.3 Å². The maximum Gasteiger partial charge on any atom is 0.405 e. The minimum atomic E-state index is -4.48. The number of hydrogen-bond acceptors (Lipinski definition) is 4. The molecule has 0 saturated carbocycles. The van der Waals surface area contributed by atoms with Gasteiger partial charge in [0.05, 0.1) is 11.4 Å². The summed E-state index contributed by atoms with van der Waals surface area (Å²) >= 11 is 1.27. The van der Waals surface area contributed by atoms with Crippen LogP contribution in [0, 0.1) is 6.92 Å². The number of alkyl halides is 3. The number of para-hydroxylation sites is 1. The van der Waals surface area contributed by atoms with Crippen molar-refractivity contribution in [2.45, 2.75) is 18.3 Å². The average Bonchev–Trinajstić information content (AvgIpc) is 3.19. The van der Waals surface area contributed by atoms with Gasteiger partial charge >= 0.3 is 6.18 Å². The van der Waals surface area contributed by atoms with E-state index in [0.29, 0.717) is 10.8 Å². The highest BCUT2D eigenvalue weighted by Crippen LogP contribution is 2.23. The SMILES string of the molecule is Cc1ccccc1-n1ccnc1SCC(=O)Nc1ccc(C(=O)NCC(F)(F)F)cc1. The second-order valence-electron chi connectivity index (χ2n) is 6.58. The van der Waals surface area contributed by atoms with Gasteiger partial charge in [-0.15, -0.1) is 0 Å². The predicted molar refractivity (Wildman–Crippen MR) is 112 cm³/mol. The fourth-order valence-electron chi connectivity index (χ4n) is 2.73. The van der Waals surface area contributed by atoms with Crippen LogP contribution >= 0.6 is 11.8 Å². The van der Waals surface area contributed by atoms with Crippen LogP contribution in [-0.4, -0.2) is 39.8 Å². The van der Waals surface area contributed by atoms with Gasteiger partial charge in [0, 0.05) is 23.6 Å². The lowest BCUT2D eigenvalue weighted by Crippen LogP contribution is -2.33. The topological polar surface area (TPSA) is 76.0 Å². The van der Waals surface area contributed by atoms with Crippen molar-refractivity contribution in [2.24, 2.45) is 0 Å². The Bertz CT molecular complexity index is 1060. The number of thioether (sulfide) groups is 1. The van der Waals surface area contributed by atoms with E-state index in [-0.39, 0.29) is 17.2 Å². The van der Waals surface area contributed by atoms with Crippen LogP contribution < -0.4 is 10.6 Å². The molecule has 0 saturated heterocycles. The molecule has 0 atom stereocenters. The number of carbonyl (C=O) groups excluding carboxylic acids is 2. The van der Waals surface area contributed by atoms with Crippen molar-refractivity contribution in [1.82, 2.24) is 14.9 Å². The number of nitrogens with zero attached hydrogens (tertiary/aromatic N) is 2. The van der Waals surface area contributed by atoms with E-state index >= 15 is 0 Å². The van der Waals surface area contributed by atoms with E-state index in [2.05, 4.69) is 10.3 Å². The number of imidazole rings is 1. The zero-order valence-corrected chi connectivity index (χ0v) is 17.3. The minimum Gasteiger partial charge on any atom is -0.343 e. The predicted octanol–water partition coefficient (Wildman–Crippen LogP) is 4.20. The fraction of sp³-hybridized carbons (Fsp3) is 0.190. The summed E-state index contributed by atoms with van der Waals surface area (Å²) in [5.74, 6) is -1.01. The number of nitrogens with one attached hydrogen (secondary N) is 2. The van der Waals surface area contributed by atoms with Gasteiger partial charge in [0.2, 0.25) is 5.91 Å². The first-order chi connectivity index (χ1) is 14.7. The lowest BCUT2D eigenvalue weighted by molar-refractivity contribution is -0.123. The molecule has 0 unspecified atom stereocenters. The van der Waals surface area contributed by atoms with Crippen LogP contribution in [0.5, 0.6) is 0 Å². The molecule has 1 aromatic heterocycles. The molecule has 2 N–H and O–H groups in total. The van der Waals surface area contributed by atoms with Gasteiger partial charge in [-0.2, -0.15) is 13.2 Å². The molecule has 31 heavy (non-hydrogen) atoms. The summed E-state index contributed by atoms with van der Waals surface area (Å²) < 4.78 is 38.5. The molecule has 1 heterocycles. The molecular formula is C21H19F3N4O2S. The Morgan fingerprint density at radius 3 is 2.48 bits per heavy atom. The standard InChI is InChI=1S/C21H19F3N4O2S/c1-14-4-2-3-5-17(14)28-11-10-25-20(28)31-12-18(29)27-16-8-6-15(7-9-16)19(30)26-13-21(22,23)24/h2-11H,12-13H2,1H3,(H,26,30)(H,27,29). The Morgan fingerprint density at radius 1 is 1.10 bits per heavy atom. The van der Waals surface area contributed by atoms with Gasteiger partial charge in [0.25, 0.3) is 5.91 Å². The van der Waals surface area contributed by atoms with E-state index in [1.807, 2.05) is 42.0 Å². The molecule has 2 amide bonds. The second-order valence-corrected chi connectivity index (χ2v) is 7.52. The van der Waals surface area contributed by atoms with Gasteiger partial charge in [-0.05, 0) is 42.8 Å². The zero-order chi connectivity index (χ0) is 22.4. The molecule has 0 aliphatic heterocycles. The summed E-state index contributed by atoms with van der Waals surface area (Å²) in [6, 6.07) is 13.4. The fourth-order valence-corrected chi connectivity index (χ4v) is 3.49.